The summed E-state index contributed by atoms with van der Waals surface area (Å²) in [4.78, 5) is 4.16. The van der Waals surface area contributed by atoms with Gasteiger partial charge in [-0.25, -0.2) is 4.98 Å². The highest BCUT2D eigenvalue weighted by atomic mass is 35.5. The van der Waals surface area contributed by atoms with E-state index in [1.54, 1.807) is 7.11 Å². The SMILES string of the molecule is COCC(CCl)NCCn1ccnc1C. The molecule has 0 aliphatic rings. The quantitative estimate of drug-likeness (QED) is 0.713. The molecule has 1 unspecified atom stereocenters. The van der Waals surface area contributed by atoms with Gasteiger partial charge in [0.1, 0.15) is 5.82 Å². The first kappa shape index (κ1) is 12.5. The lowest BCUT2D eigenvalue weighted by atomic mass is 10.3. The summed E-state index contributed by atoms with van der Waals surface area (Å²) < 4.78 is 7.14. The van der Waals surface area contributed by atoms with Gasteiger partial charge < -0.3 is 14.6 Å². The fraction of sp³-hybridized carbons (Fsp3) is 0.700. The number of hydrogen-bond acceptors (Lipinski definition) is 3. The van der Waals surface area contributed by atoms with E-state index >= 15 is 0 Å². The lowest BCUT2D eigenvalue weighted by molar-refractivity contribution is 0.173. The maximum absolute atomic E-state index is 5.78. The summed E-state index contributed by atoms with van der Waals surface area (Å²) in [6.45, 7) is 4.42. The Bertz CT molecular complexity index is 277. The molecule has 0 fully saturated rings. The molecule has 1 aromatic rings. The Morgan fingerprint density at radius 1 is 1.67 bits per heavy atom. The van der Waals surface area contributed by atoms with Crippen LogP contribution in [-0.4, -0.2) is 41.7 Å². The van der Waals surface area contributed by atoms with Crippen molar-refractivity contribution in [2.24, 2.45) is 0 Å². The topological polar surface area (TPSA) is 39.1 Å². The van der Waals surface area contributed by atoms with Crippen molar-refractivity contribution in [1.82, 2.24) is 14.9 Å². The summed E-state index contributed by atoms with van der Waals surface area (Å²) in [7, 11) is 1.68. The van der Waals surface area contributed by atoms with Crippen molar-refractivity contribution in [3.63, 3.8) is 0 Å². The molecule has 0 radical (unpaired) electrons. The number of rotatable bonds is 7. The minimum absolute atomic E-state index is 0.223. The standard InChI is InChI=1S/C10H18ClN3O/c1-9-12-3-5-14(9)6-4-13-10(7-11)8-15-2/h3,5,10,13H,4,6-8H2,1-2H3. The van der Waals surface area contributed by atoms with Crippen molar-refractivity contribution in [3.8, 4) is 0 Å². The Balaban J connectivity index is 2.23. The Morgan fingerprint density at radius 3 is 3.00 bits per heavy atom. The third-order valence-electron chi connectivity index (χ3n) is 2.26. The van der Waals surface area contributed by atoms with Crippen molar-refractivity contribution in [3.05, 3.63) is 18.2 Å². The fourth-order valence-corrected chi connectivity index (χ4v) is 1.59. The number of methoxy groups -OCH3 is 1. The first-order valence-corrected chi connectivity index (χ1v) is 5.57. The molecule has 0 aliphatic heterocycles. The van der Waals surface area contributed by atoms with E-state index < -0.39 is 0 Å². The van der Waals surface area contributed by atoms with Crippen molar-refractivity contribution >= 4 is 11.6 Å². The lowest BCUT2D eigenvalue weighted by Crippen LogP contribution is -2.36. The average molecular weight is 232 g/mol. The van der Waals surface area contributed by atoms with Crippen molar-refractivity contribution in [2.75, 3.05) is 26.1 Å². The van der Waals surface area contributed by atoms with E-state index in [1.165, 1.54) is 0 Å². The molecule has 15 heavy (non-hydrogen) atoms. The number of hydrogen-bond donors (Lipinski definition) is 1. The Labute approximate surface area is 95.6 Å². The van der Waals surface area contributed by atoms with Gasteiger partial charge in [0, 0.05) is 44.5 Å². The van der Waals surface area contributed by atoms with Gasteiger partial charge in [0.25, 0.3) is 0 Å². The molecule has 1 N–H and O–H groups in total. The third kappa shape index (κ3) is 4.20. The number of nitrogens with one attached hydrogen (secondary N) is 1. The van der Waals surface area contributed by atoms with Crippen LogP contribution in [0.15, 0.2) is 12.4 Å². The minimum Gasteiger partial charge on any atom is -0.383 e. The van der Waals surface area contributed by atoms with Crippen LogP contribution in [-0.2, 0) is 11.3 Å². The van der Waals surface area contributed by atoms with Gasteiger partial charge in [0.2, 0.25) is 0 Å². The predicted octanol–water partition coefficient (Wildman–Crippen LogP) is 1.03. The van der Waals surface area contributed by atoms with Crippen LogP contribution in [0.25, 0.3) is 0 Å². The van der Waals surface area contributed by atoms with E-state index in [0.717, 1.165) is 18.9 Å². The molecule has 0 spiro atoms. The minimum atomic E-state index is 0.223. The smallest absolute Gasteiger partial charge is 0.105 e. The van der Waals surface area contributed by atoms with Crippen LogP contribution < -0.4 is 5.32 Å². The second-order valence-corrected chi connectivity index (χ2v) is 3.74. The second-order valence-electron chi connectivity index (χ2n) is 3.43. The maximum atomic E-state index is 5.78. The van der Waals surface area contributed by atoms with Gasteiger partial charge in [-0.3, -0.25) is 0 Å². The summed E-state index contributed by atoms with van der Waals surface area (Å²) in [6, 6.07) is 0.223. The Kier molecular flexibility index (Phi) is 5.68. The van der Waals surface area contributed by atoms with Crippen LogP contribution in [0.4, 0.5) is 0 Å². The van der Waals surface area contributed by atoms with Crippen LogP contribution in [0.2, 0.25) is 0 Å². The molecule has 5 heteroatoms. The number of nitrogens with zero attached hydrogens (tertiary/aromatic N) is 2. The highest BCUT2D eigenvalue weighted by Crippen LogP contribution is 1.94. The summed E-state index contributed by atoms with van der Waals surface area (Å²) in [5.74, 6) is 1.60. The van der Waals surface area contributed by atoms with Gasteiger partial charge in [-0.15, -0.1) is 11.6 Å². The zero-order chi connectivity index (χ0) is 11.1. The van der Waals surface area contributed by atoms with E-state index in [-0.39, 0.29) is 6.04 Å². The zero-order valence-electron chi connectivity index (χ0n) is 9.24. The molecule has 0 bridgehead atoms. The monoisotopic (exact) mass is 231 g/mol. The molecule has 4 nitrogen and oxygen atoms in total. The molecule has 1 aromatic heterocycles. The van der Waals surface area contributed by atoms with E-state index in [2.05, 4.69) is 14.9 Å². The fourth-order valence-electron chi connectivity index (χ4n) is 1.39. The molecule has 0 aromatic carbocycles. The summed E-state index contributed by atoms with van der Waals surface area (Å²) in [5.41, 5.74) is 0. The predicted molar refractivity (Wildman–Crippen MR) is 61.4 cm³/mol. The van der Waals surface area contributed by atoms with Crippen LogP contribution in [0.5, 0.6) is 0 Å². The van der Waals surface area contributed by atoms with Crippen molar-refractivity contribution < 1.29 is 4.74 Å². The molecule has 0 aliphatic carbocycles. The van der Waals surface area contributed by atoms with E-state index in [4.69, 9.17) is 16.3 Å². The maximum Gasteiger partial charge on any atom is 0.105 e. The number of halogens is 1. The second kappa shape index (κ2) is 6.82. The normalized spacial score (nSPS) is 13.0. The molecule has 0 saturated heterocycles. The van der Waals surface area contributed by atoms with Gasteiger partial charge in [-0.2, -0.15) is 0 Å². The number of aryl methyl sites for hydroxylation is 1. The zero-order valence-corrected chi connectivity index (χ0v) is 10.00. The van der Waals surface area contributed by atoms with Crippen molar-refractivity contribution in [2.45, 2.75) is 19.5 Å². The molecule has 1 heterocycles. The highest BCUT2D eigenvalue weighted by Gasteiger charge is 2.05. The molecular formula is C10H18ClN3O. The number of ether oxygens (including phenoxy) is 1. The number of imidazole rings is 1. The molecule has 1 rings (SSSR count). The van der Waals surface area contributed by atoms with Gasteiger partial charge in [0.15, 0.2) is 0 Å². The third-order valence-corrected chi connectivity index (χ3v) is 2.64. The molecular weight excluding hydrogens is 214 g/mol. The number of alkyl halides is 1. The summed E-state index contributed by atoms with van der Waals surface area (Å²) >= 11 is 5.78. The molecule has 1 atom stereocenters. The summed E-state index contributed by atoms with van der Waals surface area (Å²) in [6.07, 6.45) is 3.78. The van der Waals surface area contributed by atoms with Crippen LogP contribution in [0.1, 0.15) is 5.82 Å². The molecule has 0 amide bonds. The van der Waals surface area contributed by atoms with Crippen LogP contribution in [0, 0.1) is 6.92 Å². The highest BCUT2D eigenvalue weighted by molar-refractivity contribution is 6.18. The largest absolute Gasteiger partial charge is 0.383 e. The van der Waals surface area contributed by atoms with Gasteiger partial charge >= 0.3 is 0 Å². The average Bonchev–Trinajstić information content (AvgIpc) is 2.63. The summed E-state index contributed by atoms with van der Waals surface area (Å²) in [5, 5.41) is 3.33. The van der Waals surface area contributed by atoms with Gasteiger partial charge in [-0.1, -0.05) is 0 Å². The van der Waals surface area contributed by atoms with Crippen molar-refractivity contribution in [1.29, 1.82) is 0 Å². The van der Waals surface area contributed by atoms with Crippen LogP contribution >= 0.6 is 11.6 Å². The van der Waals surface area contributed by atoms with E-state index in [1.807, 2.05) is 19.3 Å². The van der Waals surface area contributed by atoms with E-state index in [0.29, 0.717) is 12.5 Å². The van der Waals surface area contributed by atoms with Gasteiger partial charge in [0.05, 0.1) is 6.61 Å². The van der Waals surface area contributed by atoms with Gasteiger partial charge in [-0.05, 0) is 6.92 Å². The number of aromatic nitrogens is 2. The van der Waals surface area contributed by atoms with Crippen LogP contribution in [0.3, 0.4) is 0 Å². The molecule has 86 valence electrons. The lowest BCUT2D eigenvalue weighted by Gasteiger charge is -2.15. The molecule has 0 saturated carbocycles. The Morgan fingerprint density at radius 2 is 2.47 bits per heavy atom. The first-order valence-electron chi connectivity index (χ1n) is 5.04. The Hall–Kier alpha value is -0.580. The van der Waals surface area contributed by atoms with E-state index in [9.17, 15) is 0 Å². The first-order chi connectivity index (χ1) is 7.27.